The van der Waals surface area contributed by atoms with Gasteiger partial charge in [-0.1, -0.05) is 52.4 Å². The van der Waals surface area contributed by atoms with Crippen molar-refractivity contribution in [2.24, 2.45) is 0 Å². The van der Waals surface area contributed by atoms with Crippen LogP contribution in [0.25, 0.3) is 0 Å². The topological polar surface area (TPSA) is 0 Å². The molecule has 62 valence electrons. The molecule has 0 aromatic heterocycles. The molecular formula is C8H19FU. The third-order valence-electron chi connectivity index (χ3n) is 1.50. The van der Waals surface area contributed by atoms with Gasteiger partial charge in [0.15, 0.2) is 0 Å². The van der Waals surface area contributed by atoms with Crippen molar-refractivity contribution in [1.82, 2.24) is 0 Å². The van der Waals surface area contributed by atoms with Crippen molar-refractivity contribution < 1.29 is 35.8 Å². The van der Waals surface area contributed by atoms with Crippen LogP contribution in [0.2, 0.25) is 0 Å². The van der Waals surface area contributed by atoms with Gasteiger partial charge >= 0.3 is 0 Å². The van der Waals surface area contributed by atoms with Crippen LogP contribution < -0.4 is 0 Å². The van der Waals surface area contributed by atoms with Crippen LogP contribution in [-0.2, 0) is 0 Å². The summed E-state index contributed by atoms with van der Waals surface area (Å²) in [5, 5.41) is 0. The van der Waals surface area contributed by atoms with Gasteiger partial charge < -0.3 is 0 Å². The summed E-state index contributed by atoms with van der Waals surface area (Å²) in [5.74, 6) is 0. The Morgan fingerprint density at radius 3 is 0.800 bits per heavy atom. The summed E-state index contributed by atoms with van der Waals surface area (Å²) < 4.78 is 0. The van der Waals surface area contributed by atoms with Crippen LogP contribution in [0.4, 0.5) is 4.70 Å². The Kier molecular flexibility index (Phi) is 28.4. The molecule has 0 atom stereocenters. The van der Waals surface area contributed by atoms with Crippen molar-refractivity contribution in [1.29, 1.82) is 0 Å². The quantitative estimate of drug-likeness (QED) is 0.611. The first-order valence-corrected chi connectivity index (χ1v) is 4.00. The fourth-order valence-electron chi connectivity index (χ4n) is 1.06. The van der Waals surface area contributed by atoms with Crippen molar-refractivity contribution in [2.75, 3.05) is 0 Å². The van der Waals surface area contributed by atoms with Gasteiger partial charge in [0.1, 0.15) is 0 Å². The van der Waals surface area contributed by atoms with Crippen LogP contribution in [0.3, 0.4) is 0 Å². The molecule has 1 saturated carbocycles. The molecule has 10 heavy (non-hydrogen) atoms. The van der Waals surface area contributed by atoms with Gasteiger partial charge in [0.2, 0.25) is 0 Å². The maximum atomic E-state index is 2.00. The molecule has 0 aromatic rings. The van der Waals surface area contributed by atoms with Gasteiger partial charge in [0.05, 0.1) is 0 Å². The zero-order chi connectivity index (χ0) is 6.24. The molecule has 2 heteroatoms. The second kappa shape index (κ2) is 16.5. The van der Waals surface area contributed by atoms with Crippen LogP contribution in [0, 0.1) is 31.1 Å². The maximum absolute atomic E-state index is 2.00. The summed E-state index contributed by atoms with van der Waals surface area (Å²) >= 11 is 0. The summed E-state index contributed by atoms with van der Waals surface area (Å²) in [6, 6.07) is 0. The fourth-order valence-corrected chi connectivity index (χ4v) is 1.06. The van der Waals surface area contributed by atoms with E-state index >= 15 is 0 Å². The molecule has 1 rings (SSSR count). The standard InChI is InChI=1S/C6H12.C2H6.FH.U/c1-2-4-6-5-3-1;1-2;;/h1-6H2;1-2H3;1H;. The van der Waals surface area contributed by atoms with Gasteiger partial charge in [-0.05, 0) is 0 Å². The molecule has 0 spiro atoms. The molecule has 0 amide bonds. The Bertz CT molecular complexity index is 24.7. The molecule has 0 saturated heterocycles. The van der Waals surface area contributed by atoms with E-state index in [-0.39, 0.29) is 35.8 Å². The first-order chi connectivity index (χ1) is 4.00. The van der Waals surface area contributed by atoms with E-state index in [1.54, 1.807) is 0 Å². The molecule has 0 nitrogen and oxygen atoms in total. The van der Waals surface area contributed by atoms with Crippen molar-refractivity contribution in [3.05, 3.63) is 0 Å². The van der Waals surface area contributed by atoms with Crippen molar-refractivity contribution >= 4 is 0 Å². The molecule has 1 fully saturated rings. The SMILES string of the molecule is C1CCCCC1.CC.F.[U]. The van der Waals surface area contributed by atoms with Gasteiger partial charge in [0.25, 0.3) is 0 Å². The van der Waals surface area contributed by atoms with E-state index < -0.39 is 0 Å². The molecule has 0 aromatic carbocycles. The minimum Gasteiger partial charge on any atom is -0.269 e. The first-order valence-electron chi connectivity index (χ1n) is 4.00. The minimum absolute atomic E-state index is 0. The molecule has 0 unspecified atom stereocenters. The average molecular weight is 372 g/mol. The van der Waals surface area contributed by atoms with E-state index in [2.05, 4.69) is 0 Å². The third-order valence-corrected chi connectivity index (χ3v) is 1.50. The van der Waals surface area contributed by atoms with Crippen LogP contribution in [-0.4, -0.2) is 0 Å². The van der Waals surface area contributed by atoms with Crippen molar-refractivity contribution in [2.45, 2.75) is 52.4 Å². The number of hydrogen-bond acceptors (Lipinski definition) is 0. The van der Waals surface area contributed by atoms with Crippen LogP contribution >= 0.6 is 0 Å². The molecule has 0 bridgehead atoms. The van der Waals surface area contributed by atoms with E-state index in [4.69, 9.17) is 0 Å². The molecule has 1 aliphatic carbocycles. The number of rotatable bonds is 0. The summed E-state index contributed by atoms with van der Waals surface area (Å²) in [6.45, 7) is 4.00. The number of halogens is 1. The minimum atomic E-state index is 0. The van der Waals surface area contributed by atoms with E-state index in [0.717, 1.165) is 0 Å². The Labute approximate surface area is 87.9 Å². The van der Waals surface area contributed by atoms with E-state index in [0.29, 0.717) is 0 Å². The molecular weight excluding hydrogens is 353 g/mol. The van der Waals surface area contributed by atoms with Crippen LogP contribution in [0.5, 0.6) is 0 Å². The average Bonchev–Trinajstić information content (AvgIpc) is 1.96. The predicted octanol–water partition coefficient (Wildman–Crippen LogP) is 3.52. The molecule has 0 heterocycles. The van der Waals surface area contributed by atoms with Crippen LogP contribution in [0.1, 0.15) is 52.4 Å². The summed E-state index contributed by atoms with van der Waals surface area (Å²) in [7, 11) is 0. The van der Waals surface area contributed by atoms with E-state index in [9.17, 15) is 0 Å². The van der Waals surface area contributed by atoms with Crippen molar-refractivity contribution in [3.8, 4) is 0 Å². The smallest absolute Gasteiger partial charge is 0 e. The van der Waals surface area contributed by atoms with E-state index in [1.165, 1.54) is 38.5 Å². The van der Waals surface area contributed by atoms with Gasteiger partial charge in [-0.3, -0.25) is 4.70 Å². The van der Waals surface area contributed by atoms with Crippen LogP contribution in [0.15, 0.2) is 0 Å². The van der Waals surface area contributed by atoms with Crippen molar-refractivity contribution in [3.63, 3.8) is 0 Å². The third kappa shape index (κ3) is 11.7. The number of hydrogen-bond donors (Lipinski definition) is 0. The van der Waals surface area contributed by atoms with Gasteiger partial charge in [-0.15, -0.1) is 0 Å². The normalized spacial score (nSPS) is 15.0. The van der Waals surface area contributed by atoms with Gasteiger partial charge in [-0.2, -0.15) is 0 Å². The largest absolute Gasteiger partial charge is 0.269 e. The molecule has 0 N–H and O–H groups in total. The molecule has 0 radical (unpaired) electrons. The Balaban J connectivity index is -0.000000114. The Morgan fingerprint density at radius 2 is 0.700 bits per heavy atom. The molecule has 1 aliphatic rings. The zero-order valence-electron chi connectivity index (χ0n) is 7.15. The first kappa shape index (κ1) is 17.2. The zero-order valence-corrected chi connectivity index (χ0v) is 11.3. The Hall–Kier alpha value is 0.982. The summed E-state index contributed by atoms with van der Waals surface area (Å²) in [5.41, 5.74) is 0. The monoisotopic (exact) mass is 372 g/mol. The summed E-state index contributed by atoms with van der Waals surface area (Å²) in [6.07, 6.45) is 9.00. The van der Waals surface area contributed by atoms with E-state index in [1.807, 2.05) is 13.8 Å². The Morgan fingerprint density at radius 1 is 0.600 bits per heavy atom. The fraction of sp³-hybridized carbons (Fsp3) is 1.00. The predicted molar refractivity (Wildman–Crippen MR) is 41.6 cm³/mol. The molecule has 0 aliphatic heterocycles. The van der Waals surface area contributed by atoms with Gasteiger partial charge in [-0.25, -0.2) is 0 Å². The second-order valence-electron chi connectivity index (χ2n) is 2.12. The summed E-state index contributed by atoms with van der Waals surface area (Å²) in [4.78, 5) is 0. The maximum Gasteiger partial charge on any atom is 0 e. The second-order valence-corrected chi connectivity index (χ2v) is 2.12. The van der Waals surface area contributed by atoms with Gasteiger partial charge in [0, 0.05) is 31.1 Å².